The summed E-state index contributed by atoms with van der Waals surface area (Å²) < 4.78 is 0. The molecule has 16 heavy (non-hydrogen) atoms. The van der Waals surface area contributed by atoms with Gasteiger partial charge in [0, 0.05) is 25.5 Å². The van der Waals surface area contributed by atoms with Crippen molar-refractivity contribution in [3.05, 3.63) is 24.0 Å². The largest absolute Gasteiger partial charge is 0.478 e. The molecule has 5 nitrogen and oxygen atoms in total. The minimum Gasteiger partial charge on any atom is -0.478 e. The molecule has 0 fully saturated rings. The first-order valence-electron chi connectivity index (χ1n) is 5.25. The lowest BCUT2D eigenvalue weighted by Crippen LogP contribution is -2.25. The van der Waals surface area contributed by atoms with Crippen LogP contribution in [0.1, 0.15) is 17.3 Å². The van der Waals surface area contributed by atoms with Crippen molar-refractivity contribution in [2.75, 3.05) is 32.0 Å². The zero-order chi connectivity index (χ0) is 12.0. The predicted octanol–water partition coefficient (Wildman–Crippen LogP) is 1.14. The summed E-state index contributed by atoms with van der Waals surface area (Å²) in [6.07, 6.45) is 2.94. The average molecular weight is 223 g/mol. The fraction of sp³-hybridized carbons (Fsp3) is 0.455. The lowest BCUT2D eigenvalue weighted by molar-refractivity contribution is 0.0697. The van der Waals surface area contributed by atoms with E-state index in [0.717, 1.165) is 13.1 Å². The van der Waals surface area contributed by atoms with E-state index in [2.05, 4.69) is 22.1 Å². The number of aromatic carboxylic acids is 1. The van der Waals surface area contributed by atoms with Crippen LogP contribution in [0.15, 0.2) is 18.5 Å². The van der Waals surface area contributed by atoms with E-state index in [1.807, 2.05) is 7.05 Å². The van der Waals surface area contributed by atoms with Gasteiger partial charge in [0.2, 0.25) is 0 Å². The number of carboxylic acids is 1. The molecule has 0 spiro atoms. The van der Waals surface area contributed by atoms with E-state index in [0.29, 0.717) is 12.2 Å². The van der Waals surface area contributed by atoms with E-state index >= 15 is 0 Å². The van der Waals surface area contributed by atoms with Gasteiger partial charge >= 0.3 is 5.97 Å². The van der Waals surface area contributed by atoms with Crippen LogP contribution in [0.5, 0.6) is 0 Å². The van der Waals surface area contributed by atoms with Crippen LogP contribution in [-0.4, -0.2) is 47.6 Å². The van der Waals surface area contributed by atoms with Crippen LogP contribution < -0.4 is 5.32 Å². The molecule has 0 atom stereocenters. The van der Waals surface area contributed by atoms with Crippen LogP contribution in [0.4, 0.5) is 5.69 Å². The molecule has 0 saturated carbocycles. The molecule has 1 aromatic heterocycles. The lowest BCUT2D eigenvalue weighted by Gasteiger charge is -2.15. The summed E-state index contributed by atoms with van der Waals surface area (Å²) in [4.78, 5) is 16.8. The van der Waals surface area contributed by atoms with Crippen LogP contribution in [0.25, 0.3) is 0 Å². The molecule has 0 amide bonds. The summed E-state index contributed by atoms with van der Waals surface area (Å²) in [5, 5.41) is 12.0. The van der Waals surface area contributed by atoms with Gasteiger partial charge in [-0.2, -0.15) is 0 Å². The van der Waals surface area contributed by atoms with Crippen molar-refractivity contribution < 1.29 is 9.90 Å². The zero-order valence-corrected chi connectivity index (χ0v) is 9.60. The van der Waals surface area contributed by atoms with Crippen LogP contribution in [0, 0.1) is 0 Å². The Morgan fingerprint density at radius 3 is 3.00 bits per heavy atom. The number of aromatic nitrogens is 1. The molecule has 2 N–H and O–H groups in total. The third kappa shape index (κ3) is 3.51. The maximum Gasteiger partial charge on any atom is 0.339 e. The second kappa shape index (κ2) is 6.07. The number of carboxylic acid groups (broad SMARTS) is 1. The molecule has 0 aliphatic rings. The first-order valence-corrected chi connectivity index (χ1v) is 5.25. The highest BCUT2D eigenvalue weighted by atomic mass is 16.4. The van der Waals surface area contributed by atoms with E-state index in [1.165, 1.54) is 6.20 Å². The van der Waals surface area contributed by atoms with E-state index < -0.39 is 5.97 Å². The summed E-state index contributed by atoms with van der Waals surface area (Å²) >= 11 is 0. The van der Waals surface area contributed by atoms with Gasteiger partial charge in [-0.3, -0.25) is 4.98 Å². The molecule has 1 rings (SSSR count). The fourth-order valence-electron chi connectivity index (χ4n) is 1.26. The molecule has 0 unspecified atom stereocenters. The Labute approximate surface area is 95.1 Å². The summed E-state index contributed by atoms with van der Waals surface area (Å²) in [5.74, 6) is -0.959. The lowest BCUT2D eigenvalue weighted by atomic mass is 10.2. The molecule has 0 aromatic carbocycles. The number of hydrogen-bond acceptors (Lipinski definition) is 4. The number of rotatable bonds is 6. The van der Waals surface area contributed by atoms with Crippen molar-refractivity contribution in [3.8, 4) is 0 Å². The second-order valence-corrected chi connectivity index (χ2v) is 3.55. The topological polar surface area (TPSA) is 65.5 Å². The molecule has 1 aromatic rings. The first kappa shape index (κ1) is 12.4. The number of likely N-dealkylation sites (N-methyl/N-ethyl adjacent to an activating group) is 1. The highest BCUT2D eigenvalue weighted by Gasteiger charge is 2.08. The van der Waals surface area contributed by atoms with Crippen molar-refractivity contribution in [2.24, 2.45) is 0 Å². The van der Waals surface area contributed by atoms with Gasteiger partial charge in [-0.15, -0.1) is 0 Å². The number of carbonyl (C=O) groups is 1. The van der Waals surface area contributed by atoms with E-state index in [1.54, 1.807) is 12.3 Å². The van der Waals surface area contributed by atoms with Gasteiger partial charge in [-0.1, -0.05) is 6.92 Å². The van der Waals surface area contributed by atoms with Gasteiger partial charge in [-0.25, -0.2) is 4.79 Å². The molecule has 0 aliphatic carbocycles. The Balaban J connectivity index is 2.56. The van der Waals surface area contributed by atoms with Crippen molar-refractivity contribution >= 4 is 11.7 Å². The third-order valence-electron chi connectivity index (χ3n) is 2.40. The van der Waals surface area contributed by atoms with Crippen molar-refractivity contribution in [1.82, 2.24) is 9.88 Å². The third-order valence-corrected chi connectivity index (χ3v) is 2.40. The molecule has 5 heteroatoms. The maximum atomic E-state index is 10.9. The average Bonchev–Trinajstić information content (AvgIpc) is 2.29. The quantitative estimate of drug-likeness (QED) is 0.757. The van der Waals surface area contributed by atoms with E-state index in [9.17, 15) is 4.79 Å². The van der Waals surface area contributed by atoms with E-state index in [4.69, 9.17) is 5.11 Å². The maximum absolute atomic E-state index is 10.9. The van der Waals surface area contributed by atoms with Crippen LogP contribution >= 0.6 is 0 Å². The molecule has 0 saturated heterocycles. The number of nitrogens with one attached hydrogen (secondary N) is 1. The Hall–Kier alpha value is -1.62. The van der Waals surface area contributed by atoms with E-state index in [-0.39, 0.29) is 5.56 Å². The summed E-state index contributed by atoms with van der Waals surface area (Å²) in [6, 6.07) is 1.68. The number of pyridine rings is 1. The van der Waals surface area contributed by atoms with Crippen molar-refractivity contribution in [1.29, 1.82) is 0 Å². The Bertz CT molecular complexity index is 355. The number of hydrogen-bond donors (Lipinski definition) is 2. The predicted molar refractivity (Wildman–Crippen MR) is 62.9 cm³/mol. The first-order chi connectivity index (χ1) is 7.65. The van der Waals surface area contributed by atoms with Crippen molar-refractivity contribution in [2.45, 2.75) is 6.92 Å². The smallest absolute Gasteiger partial charge is 0.339 e. The summed E-state index contributed by atoms with van der Waals surface area (Å²) in [6.45, 7) is 4.64. The highest BCUT2D eigenvalue weighted by Crippen LogP contribution is 2.12. The van der Waals surface area contributed by atoms with Gasteiger partial charge in [0.25, 0.3) is 0 Å². The molecule has 0 aliphatic heterocycles. The van der Waals surface area contributed by atoms with Gasteiger partial charge in [0.1, 0.15) is 5.56 Å². The highest BCUT2D eigenvalue weighted by molar-refractivity contribution is 5.93. The Morgan fingerprint density at radius 1 is 1.62 bits per heavy atom. The molecule has 88 valence electrons. The Kier molecular flexibility index (Phi) is 4.72. The minimum absolute atomic E-state index is 0.210. The zero-order valence-electron chi connectivity index (χ0n) is 9.60. The normalized spacial score (nSPS) is 10.4. The second-order valence-electron chi connectivity index (χ2n) is 3.55. The molecule has 1 heterocycles. The summed E-state index contributed by atoms with van der Waals surface area (Å²) in [7, 11) is 2.02. The number of anilines is 1. The molecule has 0 bridgehead atoms. The van der Waals surface area contributed by atoms with Crippen LogP contribution in [0.3, 0.4) is 0 Å². The molecule has 0 radical (unpaired) electrons. The van der Waals surface area contributed by atoms with Gasteiger partial charge in [-0.05, 0) is 19.7 Å². The minimum atomic E-state index is -0.959. The SMILES string of the molecule is CCN(C)CCNc1ccncc1C(=O)O. The van der Waals surface area contributed by atoms with Crippen LogP contribution in [0.2, 0.25) is 0 Å². The molecular formula is C11H17N3O2. The van der Waals surface area contributed by atoms with Crippen LogP contribution in [-0.2, 0) is 0 Å². The van der Waals surface area contributed by atoms with Gasteiger partial charge in [0.15, 0.2) is 0 Å². The summed E-state index contributed by atoms with van der Waals surface area (Å²) in [5.41, 5.74) is 0.827. The standard InChI is InChI=1S/C11H17N3O2/c1-3-14(2)7-6-13-10-4-5-12-8-9(10)11(15)16/h4-5,8H,3,6-7H2,1-2H3,(H,12,13)(H,15,16). The van der Waals surface area contributed by atoms with Gasteiger partial charge in [0.05, 0.1) is 5.69 Å². The number of nitrogens with zero attached hydrogens (tertiary/aromatic N) is 2. The fourth-order valence-corrected chi connectivity index (χ4v) is 1.26. The monoisotopic (exact) mass is 223 g/mol. The molecular weight excluding hydrogens is 206 g/mol. The van der Waals surface area contributed by atoms with Gasteiger partial charge < -0.3 is 15.3 Å². The van der Waals surface area contributed by atoms with Crippen molar-refractivity contribution in [3.63, 3.8) is 0 Å². The Morgan fingerprint density at radius 2 is 2.38 bits per heavy atom.